The van der Waals surface area contributed by atoms with Crippen LogP contribution in [-0.2, 0) is 6.18 Å². The highest BCUT2D eigenvalue weighted by molar-refractivity contribution is 5.19. The number of alkyl halides is 4. The van der Waals surface area contributed by atoms with Crippen molar-refractivity contribution in [2.24, 2.45) is 0 Å². The quantitative estimate of drug-likeness (QED) is 0.773. The lowest BCUT2D eigenvalue weighted by molar-refractivity contribution is -0.137. The number of hydrogen-bond donors (Lipinski definition) is 1. The van der Waals surface area contributed by atoms with Crippen LogP contribution in [0.4, 0.5) is 17.6 Å². The highest BCUT2D eigenvalue weighted by Gasteiger charge is 2.31. The van der Waals surface area contributed by atoms with E-state index < -0.39 is 17.9 Å². The Hall–Kier alpha value is -1.17. The van der Waals surface area contributed by atoms with Crippen LogP contribution in [-0.4, -0.2) is 17.7 Å². The monoisotopic (exact) mass is 248 g/mol. The van der Waals surface area contributed by atoms with Crippen LogP contribution in [0.25, 0.3) is 0 Å². The third-order valence-electron chi connectivity index (χ3n) is 2.83. The van der Waals surface area contributed by atoms with Crippen molar-refractivity contribution in [3.05, 3.63) is 29.6 Å². The van der Waals surface area contributed by atoms with Gasteiger partial charge in [0, 0.05) is 18.8 Å². The molecular formula is C11H12F4N2. The zero-order valence-electron chi connectivity index (χ0n) is 8.97. The molecule has 0 radical (unpaired) electrons. The van der Waals surface area contributed by atoms with Crippen LogP contribution in [0.5, 0.6) is 0 Å². The second kappa shape index (κ2) is 4.60. The van der Waals surface area contributed by atoms with Gasteiger partial charge in [-0.15, -0.1) is 0 Å². The molecule has 17 heavy (non-hydrogen) atoms. The SMILES string of the molecule is F[C@@H]1CCC(c2ccc(C(F)(F)F)cn2)NC1. The fourth-order valence-electron chi connectivity index (χ4n) is 1.85. The van der Waals surface area contributed by atoms with Gasteiger partial charge < -0.3 is 5.32 Å². The van der Waals surface area contributed by atoms with Crippen LogP contribution < -0.4 is 5.32 Å². The van der Waals surface area contributed by atoms with E-state index in [9.17, 15) is 17.6 Å². The minimum atomic E-state index is -4.37. The highest BCUT2D eigenvalue weighted by Crippen LogP contribution is 2.30. The Balaban J connectivity index is 2.08. The molecule has 2 rings (SSSR count). The first-order valence-electron chi connectivity index (χ1n) is 5.37. The molecule has 0 bridgehead atoms. The summed E-state index contributed by atoms with van der Waals surface area (Å²) < 4.78 is 49.8. The standard InChI is InChI=1S/C11H12F4N2/c12-8-2-4-10(17-6-8)9-3-1-7(5-16-9)11(13,14)15/h1,3,5,8,10,17H,2,4,6H2/t8-,10?/m1/s1. The molecule has 1 aliphatic heterocycles. The van der Waals surface area contributed by atoms with Crippen molar-refractivity contribution in [2.75, 3.05) is 6.54 Å². The molecule has 1 unspecified atom stereocenters. The van der Waals surface area contributed by atoms with Gasteiger partial charge in [-0.1, -0.05) is 0 Å². The summed E-state index contributed by atoms with van der Waals surface area (Å²) in [7, 11) is 0. The molecule has 1 aliphatic rings. The number of piperidine rings is 1. The fraction of sp³-hybridized carbons (Fsp3) is 0.545. The van der Waals surface area contributed by atoms with Gasteiger partial charge in [0.1, 0.15) is 6.17 Å². The predicted octanol–water partition coefficient (Wildman–Crippen LogP) is 2.86. The largest absolute Gasteiger partial charge is 0.417 e. The summed E-state index contributed by atoms with van der Waals surface area (Å²) in [5.41, 5.74) is -0.231. The van der Waals surface area contributed by atoms with E-state index in [1.807, 2.05) is 0 Å². The highest BCUT2D eigenvalue weighted by atomic mass is 19.4. The smallest absolute Gasteiger partial charge is 0.306 e. The van der Waals surface area contributed by atoms with E-state index in [4.69, 9.17) is 0 Å². The first-order valence-corrected chi connectivity index (χ1v) is 5.37. The van der Waals surface area contributed by atoms with Gasteiger partial charge in [0.2, 0.25) is 0 Å². The zero-order chi connectivity index (χ0) is 12.5. The van der Waals surface area contributed by atoms with Gasteiger partial charge in [-0.3, -0.25) is 4.98 Å². The Kier molecular flexibility index (Phi) is 3.33. The van der Waals surface area contributed by atoms with Crippen LogP contribution >= 0.6 is 0 Å². The summed E-state index contributed by atoms with van der Waals surface area (Å²) in [6.07, 6.45) is -3.45. The number of hydrogen-bond acceptors (Lipinski definition) is 2. The van der Waals surface area contributed by atoms with Crippen molar-refractivity contribution in [3.63, 3.8) is 0 Å². The Labute approximate surface area is 96.0 Å². The number of rotatable bonds is 1. The van der Waals surface area contributed by atoms with Crippen LogP contribution in [0.15, 0.2) is 18.3 Å². The number of aromatic nitrogens is 1. The van der Waals surface area contributed by atoms with E-state index in [-0.39, 0.29) is 12.6 Å². The maximum atomic E-state index is 12.9. The average molecular weight is 248 g/mol. The first-order chi connectivity index (χ1) is 7.97. The molecule has 2 nitrogen and oxygen atoms in total. The molecule has 1 fully saturated rings. The molecule has 0 amide bonds. The van der Waals surface area contributed by atoms with E-state index in [1.54, 1.807) is 0 Å². The van der Waals surface area contributed by atoms with Crippen molar-refractivity contribution in [1.82, 2.24) is 10.3 Å². The lowest BCUT2D eigenvalue weighted by Gasteiger charge is -2.25. The van der Waals surface area contributed by atoms with Gasteiger partial charge in [0.25, 0.3) is 0 Å². The maximum Gasteiger partial charge on any atom is 0.417 e. The minimum Gasteiger partial charge on any atom is -0.306 e. The molecule has 2 atom stereocenters. The normalized spacial score (nSPS) is 25.9. The van der Waals surface area contributed by atoms with E-state index in [2.05, 4.69) is 10.3 Å². The van der Waals surface area contributed by atoms with E-state index in [0.29, 0.717) is 18.5 Å². The summed E-state index contributed by atoms with van der Waals surface area (Å²) in [6, 6.07) is 2.20. The van der Waals surface area contributed by atoms with Crippen molar-refractivity contribution in [2.45, 2.75) is 31.2 Å². The van der Waals surface area contributed by atoms with Gasteiger partial charge >= 0.3 is 6.18 Å². The molecule has 1 N–H and O–H groups in total. The Bertz CT molecular complexity index is 366. The maximum absolute atomic E-state index is 12.9. The summed E-state index contributed by atoms with van der Waals surface area (Å²) >= 11 is 0. The predicted molar refractivity (Wildman–Crippen MR) is 54.1 cm³/mol. The third kappa shape index (κ3) is 2.94. The van der Waals surface area contributed by atoms with Crippen molar-refractivity contribution in [1.29, 1.82) is 0 Å². The van der Waals surface area contributed by atoms with Gasteiger partial charge in [-0.2, -0.15) is 13.2 Å². The number of nitrogens with one attached hydrogen (secondary N) is 1. The summed E-state index contributed by atoms with van der Waals surface area (Å²) in [5, 5.41) is 2.92. The zero-order valence-corrected chi connectivity index (χ0v) is 8.97. The Morgan fingerprint density at radius 3 is 2.47 bits per heavy atom. The van der Waals surface area contributed by atoms with Gasteiger partial charge in [-0.25, -0.2) is 4.39 Å². The second-order valence-corrected chi connectivity index (χ2v) is 4.10. The Morgan fingerprint density at radius 1 is 1.24 bits per heavy atom. The molecule has 6 heteroatoms. The summed E-state index contributed by atoms with van der Waals surface area (Å²) in [5.74, 6) is 0. The van der Waals surface area contributed by atoms with E-state index in [0.717, 1.165) is 12.3 Å². The molecule has 0 saturated carbocycles. The lowest BCUT2D eigenvalue weighted by atomic mass is 10.00. The van der Waals surface area contributed by atoms with Crippen molar-refractivity contribution >= 4 is 0 Å². The summed E-state index contributed by atoms with van der Waals surface area (Å²) in [4.78, 5) is 3.79. The Morgan fingerprint density at radius 2 is 2.00 bits per heavy atom. The van der Waals surface area contributed by atoms with Gasteiger partial charge in [0.15, 0.2) is 0 Å². The van der Waals surface area contributed by atoms with Crippen molar-refractivity contribution in [3.8, 4) is 0 Å². The van der Waals surface area contributed by atoms with E-state index >= 15 is 0 Å². The first kappa shape index (κ1) is 12.3. The third-order valence-corrected chi connectivity index (χ3v) is 2.83. The summed E-state index contributed by atoms with van der Waals surface area (Å²) in [6.45, 7) is 0.230. The van der Waals surface area contributed by atoms with Crippen LogP contribution in [0, 0.1) is 0 Å². The average Bonchev–Trinajstić information content (AvgIpc) is 2.29. The van der Waals surface area contributed by atoms with E-state index in [1.165, 1.54) is 6.07 Å². The van der Waals surface area contributed by atoms with Crippen LogP contribution in [0.1, 0.15) is 30.1 Å². The van der Waals surface area contributed by atoms with Crippen molar-refractivity contribution < 1.29 is 17.6 Å². The molecule has 1 aromatic heterocycles. The molecule has 94 valence electrons. The topological polar surface area (TPSA) is 24.9 Å². The molecular weight excluding hydrogens is 236 g/mol. The van der Waals surface area contributed by atoms with Crippen LogP contribution in [0.3, 0.4) is 0 Å². The molecule has 0 aliphatic carbocycles. The molecule has 1 saturated heterocycles. The number of pyridine rings is 1. The minimum absolute atomic E-state index is 0.149. The molecule has 0 spiro atoms. The second-order valence-electron chi connectivity index (χ2n) is 4.10. The molecule has 0 aromatic carbocycles. The number of nitrogens with zero attached hydrogens (tertiary/aromatic N) is 1. The lowest BCUT2D eigenvalue weighted by Crippen LogP contribution is -2.34. The fourth-order valence-corrected chi connectivity index (χ4v) is 1.85. The van der Waals surface area contributed by atoms with Gasteiger partial charge in [0.05, 0.1) is 11.3 Å². The number of halogens is 4. The van der Waals surface area contributed by atoms with Crippen LogP contribution in [0.2, 0.25) is 0 Å². The molecule has 2 heterocycles. The molecule has 1 aromatic rings. The van der Waals surface area contributed by atoms with Gasteiger partial charge in [-0.05, 0) is 25.0 Å².